The molecule has 16 nitrogen and oxygen atoms in total. The fraction of sp³-hybridized carbons (Fsp3) is 0.704. The molecule has 2 saturated carbocycles. The third kappa shape index (κ3) is 12.2. The van der Waals surface area contributed by atoms with E-state index in [-0.39, 0.29) is 72.4 Å². The first-order valence-corrected chi connectivity index (χ1v) is 26.5. The number of esters is 2. The van der Waals surface area contributed by atoms with Gasteiger partial charge in [0.05, 0.1) is 81.7 Å². The van der Waals surface area contributed by atoms with Crippen LogP contribution in [-0.2, 0) is 74.2 Å². The van der Waals surface area contributed by atoms with E-state index >= 15 is 0 Å². The highest BCUT2D eigenvalue weighted by Gasteiger charge is 2.64. The molecule has 3 aliphatic heterocycles. The number of imidazole rings is 2. The molecule has 0 unspecified atom stereocenters. The fourth-order valence-electron chi connectivity index (χ4n) is 10.3. The van der Waals surface area contributed by atoms with Crippen LogP contribution >= 0.6 is 15.9 Å². The van der Waals surface area contributed by atoms with Gasteiger partial charge in [0.2, 0.25) is 0 Å². The molecule has 0 atom stereocenters. The standard InChI is InChI=1S/C23H33BN2O5.C17H21BrN2O3.C12H24B2O4.2CH4/c1-22(2)23(3,4)31-24(30-22)17-11-12-18-19(13-17)26(21(28)25(18)5)14-15-7-9-16(10-8-15)20(27)29-6;1-19-14-8-7-13(18)9-15(14)20(17(19)22)10-11-3-5-12(6-4-11)16(21)23-2;1-9(2)10(3,4)16-13(15-9)14-17-11(5,6)12(7,8)18-14;;/h11-13,15-16H,7-10,14H2,1-6H3;7-9,11-12H,3-6,10H2,1-2H3;1-8H3;2*1H4. The van der Waals surface area contributed by atoms with Crippen molar-refractivity contribution in [3.63, 3.8) is 0 Å². The Hall–Kier alpha value is -3.65. The first kappa shape index (κ1) is 61.2. The van der Waals surface area contributed by atoms with Crippen LogP contribution < -0.4 is 16.8 Å². The molecule has 3 saturated heterocycles. The van der Waals surface area contributed by atoms with Gasteiger partial charge in [-0.05, 0) is 182 Å². The van der Waals surface area contributed by atoms with Gasteiger partial charge in [-0.2, -0.15) is 0 Å². The largest absolute Gasteiger partial charge is 0.494 e. The smallest absolute Gasteiger partial charge is 0.469 e. The van der Waals surface area contributed by atoms with E-state index in [0.29, 0.717) is 24.9 Å². The molecule has 0 radical (unpaired) electrons. The quantitative estimate of drug-likeness (QED) is 0.122. The van der Waals surface area contributed by atoms with E-state index in [2.05, 4.69) is 15.9 Å². The minimum absolute atomic E-state index is 0. The molecule has 2 aromatic carbocycles. The van der Waals surface area contributed by atoms with Gasteiger partial charge in [-0.25, -0.2) is 9.59 Å². The Morgan fingerprint density at radius 2 is 0.851 bits per heavy atom. The van der Waals surface area contributed by atoms with Crippen LogP contribution in [0.5, 0.6) is 0 Å². The number of methoxy groups -OCH3 is 2. The normalized spacial score (nSPS) is 25.0. The molecule has 410 valence electrons. The van der Waals surface area contributed by atoms with Crippen LogP contribution in [0, 0.1) is 23.7 Å². The predicted octanol–water partition coefficient (Wildman–Crippen LogP) is 9.22. The van der Waals surface area contributed by atoms with Crippen LogP contribution in [-0.4, -0.2) is 99.2 Å². The second-order valence-corrected chi connectivity index (χ2v) is 24.5. The first-order valence-electron chi connectivity index (χ1n) is 25.7. The van der Waals surface area contributed by atoms with Gasteiger partial charge in [-0.1, -0.05) is 36.8 Å². The maximum atomic E-state index is 13.0. The van der Waals surface area contributed by atoms with Gasteiger partial charge >= 0.3 is 44.5 Å². The summed E-state index contributed by atoms with van der Waals surface area (Å²) in [6.07, 6.45) is 7.07. The van der Waals surface area contributed by atoms with Gasteiger partial charge in [0.15, 0.2) is 0 Å². The van der Waals surface area contributed by atoms with Crippen molar-refractivity contribution in [1.82, 2.24) is 18.3 Å². The zero-order chi connectivity index (χ0) is 53.1. The SMILES string of the molecule is C.C.CC1(C)OB(B2OC(C)(C)C(C)(C)O2)OC1(C)C.COC(=O)C1CCC(Cn2c(=O)n(C)c3ccc(B4OC(C)(C)C(C)(C)O4)cc32)CC1.COC(=O)C1CCC(Cn2c(=O)n(C)c3ccc(Br)cc32)CC1. The monoisotopic (exact) mass is 1090 g/mol. The lowest BCUT2D eigenvalue weighted by Crippen LogP contribution is -2.41. The van der Waals surface area contributed by atoms with Gasteiger partial charge in [0.1, 0.15) is 0 Å². The highest BCUT2D eigenvalue weighted by Crippen LogP contribution is 2.43. The van der Waals surface area contributed by atoms with E-state index < -0.39 is 32.3 Å². The Morgan fingerprint density at radius 1 is 0.527 bits per heavy atom. The first-order chi connectivity index (χ1) is 33.4. The minimum atomic E-state index is -0.476. The van der Waals surface area contributed by atoms with Gasteiger partial charge < -0.3 is 37.4 Å². The van der Waals surface area contributed by atoms with Crippen LogP contribution in [0.2, 0.25) is 0 Å². The number of carbonyl (C=O) groups excluding carboxylic acids is 2. The molecule has 74 heavy (non-hydrogen) atoms. The topological polar surface area (TPSA) is 162 Å². The third-order valence-corrected chi connectivity index (χ3v) is 17.7. The van der Waals surface area contributed by atoms with Crippen LogP contribution in [0.1, 0.15) is 149 Å². The summed E-state index contributed by atoms with van der Waals surface area (Å²) in [5.41, 5.74) is 2.35. The number of rotatable bonds is 8. The summed E-state index contributed by atoms with van der Waals surface area (Å²) in [4.78, 5) is 49.0. The molecule has 0 spiro atoms. The molecular weight excluding hydrogens is 1010 g/mol. The molecular formula is C54H86B3BrN4O12. The second-order valence-electron chi connectivity index (χ2n) is 23.6. The van der Waals surface area contributed by atoms with E-state index in [9.17, 15) is 19.2 Å². The maximum Gasteiger partial charge on any atom is 0.494 e. The summed E-state index contributed by atoms with van der Waals surface area (Å²) >= 11 is 3.48. The number of aryl methyl sites for hydroxylation is 2. The zero-order valence-electron chi connectivity index (χ0n) is 45.6. The van der Waals surface area contributed by atoms with E-state index in [1.165, 1.54) is 14.2 Å². The lowest BCUT2D eigenvalue weighted by atomic mass is 9.49. The molecule has 2 aliphatic carbocycles. The van der Waals surface area contributed by atoms with E-state index in [0.717, 1.165) is 83.4 Å². The summed E-state index contributed by atoms with van der Waals surface area (Å²) in [7, 11) is 5.09. The van der Waals surface area contributed by atoms with Crippen molar-refractivity contribution >= 4 is 76.5 Å². The van der Waals surface area contributed by atoms with Crippen molar-refractivity contribution in [2.45, 2.75) is 196 Å². The number of ether oxygens (including phenoxy) is 2. The number of halogens is 1. The number of benzene rings is 2. The third-order valence-electron chi connectivity index (χ3n) is 17.2. The summed E-state index contributed by atoms with van der Waals surface area (Å²) in [5.74, 6) is 0.584. The molecule has 5 fully saturated rings. The highest BCUT2D eigenvalue weighted by atomic mass is 79.9. The molecule has 5 heterocycles. The summed E-state index contributed by atoms with van der Waals surface area (Å²) in [6, 6.07) is 11.9. The van der Waals surface area contributed by atoms with Crippen molar-refractivity contribution in [2.75, 3.05) is 14.2 Å². The molecule has 9 rings (SSSR count). The van der Waals surface area contributed by atoms with Gasteiger partial charge in [0.25, 0.3) is 0 Å². The average molecular weight is 1100 g/mol. The van der Waals surface area contributed by atoms with Crippen LogP contribution in [0.4, 0.5) is 0 Å². The molecule has 2 aromatic heterocycles. The summed E-state index contributed by atoms with van der Waals surface area (Å²) < 4.78 is 54.1. The minimum Gasteiger partial charge on any atom is -0.469 e. The summed E-state index contributed by atoms with van der Waals surface area (Å²) in [5, 5.41) is 0. The summed E-state index contributed by atoms with van der Waals surface area (Å²) in [6.45, 7) is 25.7. The van der Waals surface area contributed by atoms with Crippen LogP contribution in [0.3, 0.4) is 0 Å². The Balaban J connectivity index is 0.000000211. The Morgan fingerprint density at radius 3 is 1.20 bits per heavy atom. The second kappa shape index (κ2) is 22.7. The van der Waals surface area contributed by atoms with Crippen molar-refractivity contribution in [3.8, 4) is 0 Å². The zero-order valence-corrected chi connectivity index (χ0v) is 47.2. The maximum absolute atomic E-state index is 13.0. The Labute approximate surface area is 449 Å². The Bertz CT molecular complexity index is 2660. The van der Waals surface area contributed by atoms with Gasteiger partial charge in [0, 0.05) is 31.7 Å². The number of aromatic nitrogens is 4. The number of nitrogens with zero attached hydrogens (tertiary/aromatic N) is 4. The van der Waals surface area contributed by atoms with Crippen molar-refractivity contribution in [1.29, 1.82) is 0 Å². The molecule has 20 heteroatoms. The van der Waals surface area contributed by atoms with E-state index in [4.69, 9.17) is 37.4 Å². The highest BCUT2D eigenvalue weighted by molar-refractivity contribution is 9.10. The lowest BCUT2D eigenvalue weighted by Gasteiger charge is -2.32. The number of hydrogen-bond acceptors (Lipinski definition) is 12. The molecule has 4 aromatic rings. The van der Waals surface area contributed by atoms with Crippen molar-refractivity contribution in [2.24, 2.45) is 37.8 Å². The van der Waals surface area contributed by atoms with Crippen molar-refractivity contribution in [3.05, 3.63) is 61.8 Å². The van der Waals surface area contributed by atoms with E-state index in [1.807, 2.05) is 143 Å². The van der Waals surface area contributed by atoms with Gasteiger partial charge in [-0.15, -0.1) is 0 Å². The predicted molar refractivity (Wildman–Crippen MR) is 298 cm³/mol. The van der Waals surface area contributed by atoms with Crippen LogP contribution in [0.25, 0.3) is 22.1 Å². The van der Waals surface area contributed by atoms with Crippen molar-refractivity contribution < 1.29 is 47.0 Å². The molecule has 0 N–H and O–H groups in total. The lowest BCUT2D eigenvalue weighted by molar-refractivity contribution is -0.147. The molecule has 0 amide bonds. The number of carbonyl (C=O) groups is 2. The number of hydrogen-bond donors (Lipinski definition) is 0. The number of fused-ring (bicyclic) bond motifs is 2. The van der Waals surface area contributed by atoms with Crippen LogP contribution in [0.15, 0.2) is 50.5 Å². The molecule has 5 aliphatic rings. The average Bonchev–Trinajstić information content (AvgIpc) is 3.95. The Kier molecular flexibility index (Phi) is 18.8. The van der Waals surface area contributed by atoms with E-state index in [1.54, 1.807) is 9.13 Å². The fourth-order valence-corrected chi connectivity index (χ4v) is 10.6. The molecule has 0 bridgehead atoms. The van der Waals surface area contributed by atoms with Gasteiger partial charge in [-0.3, -0.25) is 27.9 Å².